The van der Waals surface area contributed by atoms with Crippen molar-refractivity contribution in [2.75, 3.05) is 12.3 Å². The molecule has 0 spiro atoms. The Morgan fingerprint density at radius 2 is 2.00 bits per heavy atom. The maximum absolute atomic E-state index is 12.0. The van der Waals surface area contributed by atoms with Crippen molar-refractivity contribution in [2.45, 2.75) is 33.1 Å². The van der Waals surface area contributed by atoms with Crippen LogP contribution in [-0.2, 0) is 0 Å². The molecule has 0 heterocycles. The Kier molecular flexibility index (Phi) is 6.46. The Balaban J connectivity index is 2.50. The zero-order valence-corrected chi connectivity index (χ0v) is 12.8. The standard InChI is InChI=1S/C14H20Cl2N2O/c1-9(2)5-3-4-6-18-14(19)11-7-10(17)8-12(15)13(11)16/h7-9H,3-6,17H2,1-2H3,(H,18,19). The van der Waals surface area contributed by atoms with Crippen molar-refractivity contribution in [3.63, 3.8) is 0 Å². The number of rotatable bonds is 6. The molecule has 106 valence electrons. The molecule has 1 amide bonds. The van der Waals surface area contributed by atoms with Gasteiger partial charge in [-0.05, 0) is 24.5 Å². The summed E-state index contributed by atoms with van der Waals surface area (Å²) in [5.41, 5.74) is 6.41. The SMILES string of the molecule is CC(C)CCCCNC(=O)c1cc(N)cc(Cl)c1Cl. The lowest BCUT2D eigenvalue weighted by Crippen LogP contribution is -2.25. The van der Waals surface area contributed by atoms with Crippen molar-refractivity contribution in [1.82, 2.24) is 5.32 Å². The van der Waals surface area contributed by atoms with Gasteiger partial charge in [0.25, 0.3) is 5.91 Å². The van der Waals surface area contributed by atoms with E-state index in [1.54, 1.807) is 0 Å². The minimum atomic E-state index is -0.233. The van der Waals surface area contributed by atoms with E-state index < -0.39 is 0 Å². The van der Waals surface area contributed by atoms with Gasteiger partial charge in [0.15, 0.2) is 0 Å². The number of unbranched alkanes of at least 4 members (excludes halogenated alkanes) is 1. The molecule has 0 saturated heterocycles. The number of nitrogen functional groups attached to an aromatic ring is 1. The Morgan fingerprint density at radius 3 is 2.63 bits per heavy atom. The van der Waals surface area contributed by atoms with E-state index in [-0.39, 0.29) is 10.9 Å². The fourth-order valence-electron chi connectivity index (χ4n) is 1.75. The lowest BCUT2D eigenvalue weighted by Gasteiger charge is -2.09. The van der Waals surface area contributed by atoms with E-state index in [2.05, 4.69) is 19.2 Å². The van der Waals surface area contributed by atoms with Crippen LogP contribution in [0.1, 0.15) is 43.5 Å². The maximum Gasteiger partial charge on any atom is 0.252 e. The summed E-state index contributed by atoms with van der Waals surface area (Å²) in [6.45, 7) is 5.01. The third-order valence-electron chi connectivity index (χ3n) is 2.79. The molecular formula is C14H20Cl2N2O. The number of nitrogens with two attached hydrogens (primary N) is 1. The lowest BCUT2D eigenvalue weighted by molar-refractivity contribution is 0.0953. The quantitative estimate of drug-likeness (QED) is 0.613. The zero-order valence-electron chi connectivity index (χ0n) is 11.3. The topological polar surface area (TPSA) is 55.1 Å². The van der Waals surface area contributed by atoms with Crippen LogP contribution in [0.2, 0.25) is 10.0 Å². The summed E-state index contributed by atoms with van der Waals surface area (Å²) in [5, 5.41) is 3.37. The molecule has 0 atom stereocenters. The van der Waals surface area contributed by atoms with Crippen LogP contribution in [0.3, 0.4) is 0 Å². The molecule has 1 aromatic rings. The summed E-state index contributed by atoms with van der Waals surface area (Å²) in [6, 6.07) is 3.07. The molecule has 3 nitrogen and oxygen atoms in total. The Hall–Kier alpha value is -0.930. The van der Waals surface area contributed by atoms with Crippen molar-refractivity contribution in [3.05, 3.63) is 27.7 Å². The van der Waals surface area contributed by atoms with Crippen molar-refractivity contribution in [2.24, 2.45) is 5.92 Å². The van der Waals surface area contributed by atoms with Gasteiger partial charge in [-0.15, -0.1) is 0 Å². The zero-order chi connectivity index (χ0) is 14.4. The van der Waals surface area contributed by atoms with E-state index in [0.29, 0.717) is 28.7 Å². The van der Waals surface area contributed by atoms with E-state index in [1.807, 2.05) is 0 Å². The molecule has 0 radical (unpaired) electrons. The fraction of sp³-hybridized carbons (Fsp3) is 0.500. The first-order chi connectivity index (χ1) is 8.91. The predicted molar refractivity (Wildman–Crippen MR) is 81.9 cm³/mol. The van der Waals surface area contributed by atoms with Crippen LogP contribution >= 0.6 is 23.2 Å². The monoisotopic (exact) mass is 302 g/mol. The highest BCUT2D eigenvalue weighted by Gasteiger charge is 2.13. The smallest absolute Gasteiger partial charge is 0.252 e. The van der Waals surface area contributed by atoms with Gasteiger partial charge in [0.2, 0.25) is 0 Å². The average molecular weight is 303 g/mol. The average Bonchev–Trinajstić information content (AvgIpc) is 2.32. The molecule has 0 fully saturated rings. The molecule has 0 aliphatic heterocycles. The number of carbonyl (C=O) groups excluding carboxylic acids is 1. The van der Waals surface area contributed by atoms with Crippen LogP contribution in [0, 0.1) is 5.92 Å². The van der Waals surface area contributed by atoms with Crippen molar-refractivity contribution >= 4 is 34.8 Å². The first kappa shape index (κ1) is 16.1. The Labute approximate surface area is 124 Å². The van der Waals surface area contributed by atoms with E-state index in [0.717, 1.165) is 12.8 Å². The van der Waals surface area contributed by atoms with E-state index in [1.165, 1.54) is 18.6 Å². The molecule has 0 aliphatic carbocycles. The van der Waals surface area contributed by atoms with Crippen LogP contribution in [0.4, 0.5) is 5.69 Å². The summed E-state index contributed by atoms with van der Waals surface area (Å²) in [6.07, 6.45) is 3.22. The number of hydrogen-bond acceptors (Lipinski definition) is 2. The fourth-order valence-corrected chi connectivity index (χ4v) is 2.17. The summed E-state index contributed by atoms with van der Waals surface area (Å²) < 4.78 is 0. The van der Waals surface area contributed by atoms with Gasteiger partial charge < -0.3 is 11.1 Å². The molecule has 3 N–H and O–H groups in total. The van der Waals surface area contributed by atoms with E-state index in [4.69, 9.17) is 28.9 Å². The summed E-state index contributed by atoms with van der Waals surface area (Å²) in [5.74, 6) is 0.460. The number of halogens is 2. The van der Waals surface area contributed by atoms with E-state index in [9.17, 15) is 4.79 Å². The molecule has 19 heavy (non-hydrogen) atoms. The van der Waals surface area contributed by atoms with Crippen LogP contribution in [0.5, 0.6) is 0 Å². The number of hydrogen-bond donors (Lipinski definition) is 2. The van der Waals surface area contributed by atoms with E-state index >= 15 is 0 Å². The third-order valence-corrected chi connectivity index (χ3v) is 3.59. The molecule has 1 aromatic carbocycles. The minimum absolute atomic E-state index is 0.233. The van der Waals surface area contributed by atoms with Gasteiger partial charge in [-0.2, -0.15) is 0 Å². The van der Waals surface area contributed by atoms with Crippen molar-refractivity contribution in [1.29, 1.82) is 0 Å². The first-order valence-electron chi connectivity index (χ1n) is 6.44. The number of benzene rings is 1. The Morgan fingerprint density at radius 1 is 1.32 bits per heavy atom. The molecule has 0 bridgehead atoms. The summed E-state index contributed by atoms with van der Waals surface area (Å²) >= 11 is 11.9. The van der Waals surface area contributed by atoms with Crippen LogP contribution in [-0.4, -0.2) is 12.5 Å². The molecule has 5 heteroatoms. The van der Waals surface area contributed by atoms with Crippen LogP contribution in [0.15, 0.2) is 12.1 Å². The van der Waals surface area contributed by atoms with Crippen molar-refractivity contribution in [3.8, 4) is 0 Å². The molecule has 0 aliphatic rings. The van der Waals surface area contributed by atoms with Crippen molar-refractivity contribution < 1.29 is 4.79 Å². The summed E-state index contributed by atoms with van der Waals surface area (Å²) in [4.78, 5) is 12.0. The largest absolute Gasteiger partial charge is 0.399 e. The van der Waals surface area contributed by atoms with Gasteiger partial charge in [-0.3, -0.25) is 4.79 Å². The molecule has 1 rings (SSSR count). The van der Waals surface area contributed by atoms with Gasteiger partial charge in [0.05, 0.1) is 15.6 Å². The number of nitrogens with one attached hydrogen (secondary N) is 1. The predicted octanol–water partition coefficient (Wildman–Crippen LogP) is 4.13. The normalized spacial score (nSPS) is 10.8. The second-order valence-corrected chi connectivity index (χ2v) is 5.79. The Bertz CT molecular complexity index is 447. The molecule has 0 aromatic heterocycles. The van der Waals surface area contributed by atoms with Crippen LogP contribution < -0.4 is 11.1 Å². The highest BCUT2D eigenvalue weighted by molar-refractivity contribution is 6.44. The van der Waals surface area contributed by atoms with Gasteiger partial charge in [0, 0.05) is 12.2 Å². The second-order valence-electron chi connectivity index (χ2n) is 5.01. The third kappa shape index (κ3) is 5.29. The van der Waals surface area contributed by atoms with Crippen LogP contribution in [0.25, 0.3) is 0 Å². The molecule has 0 saturated carbocycles. The van der Waals surface area contributed by atoms with Gasteiger partial charge in [-0.25, -0.2) is 0 Å². The number of anilines is 1. The second kappa shape index (κ2) is 7.61. The molecule has 0 unspecified atom stereocenters. The molecular weight excluding hydrogens is 283 g/mol. The maximum atomic E-state index is 12.0. The highest BCUT2D eigenvalue weighted by atomic mass is 35.5. The first-order valence-corrected chi connectivity index (χ1v) is 7.20. The number of amides is 1. The highest BCUT2D eigenvalue weighted by Crippen LogP contribution is 2.28. The lowest BCUT2D eigenvalue weighted by atomic mass is 10.1. The van der Waals surface area contributed by atoms with Gasteiger partial charge in [0.1, 0.15) is 0 Å². The summed E-state index contributed by atoms with van der Waals surface area (Å²) in [7, 11) is 0. The number of carbonyl (C=O) groups is 1. The van der Waals surface area contributed by atoms with Gasteiger partial charge in [-0.1, -0.05) is 49.9 Å². The van der Waals surface area contributed by atoms with Gasteiger partial charge >= 0.3 is 0 Å². The minimum Gasteiger partial charge on any atom is -0.399 e.